The quantitative estimate of drug-likeness (QED) is 0.371. The molecule has 4 rings (SSSR count). The van der Waals surface area contributed by atoms with Crippen LogP contribution in [0.25, 0.3) is 0 Å². The molecule has 1 aliphatic carbocycles. The lowest BCUT2D eigenvalue weighted by Crippen LogP contribution is -2.55. The fraction of sp³-hybridized carbons (Fsp3) is 0.458. The minimum absolute atomic E-state index is 0.0325. The van der Waals surface area contributed by atoms with Crippen molar-refractivity contribution in [3.8, 4) is 0 Å². The maximum absolute atomic E-state index is 10.4. The van der Waals surface area contributed by atoms with Crippen LogP contribution in [-0.4, -0.2) is 64.8 Å². The molecule has 2 aromatic carbocycles. The molecule has 0 bridgehead atoms. The van der Waals surface area contributed by atoms with Crippen molar-refractivity contribution < 1.29 is 30.0 Å². The van der Waals surface area contributed by atoms with Crippen LogP contribution in [0.4, 0.5) is 0 Å². The molecule has 4 N–H and O–H groups in total. The molecule has 172 valence electrons. The first kappa shape index (κ1) is 23.2. The molecular formula is C24H28ClNO6. The monoisotopic (exact) mass is 461 g/mol. The molecule has 0 aromatic heterocycles. The molecule has 5 atom stereocenters. The van der Waals surface area contributed by atoms with Gasteiger partial charge in [0.2, 0.25) is 0 Å². The molecule has 1 aliphatic heterocycles. The summed E-state index contributed by atoms with van der Waals surface area (Å²) >= 11 is 6.44. The lowest BCUT2D eigenvalue weighted by Gasteiger charge is -2.40. The predicted molar refractivity (Wildman–Crippen MR) is 120 cm³/mol. The Kier molecular flexibility index (Phi) is 6.86. The third-order valence-corrected chi connectivity index (χ3v) is 6.78. The average Bonchev–Trinajstić information content (AvgIpc) is 3.59. The second-order valence-corrected chi connectivity index (χ2v) is 8.95. The Labute approximate surface area is 191 Å². The lowest BCUT2D eigenvalue weighted by molar-refractivity contribution is -0.231. The zero-order valence-corrected chi connectivity index (χ0v) is 18.5. The smallest absolute Gasteiger partial charge is 0.113 e. The van der Waals surface area contributed by atoms with Crippen molar-refractivity contribution in [1.29, 1.82) is 0 Å². The molecule has 2 aromatic rings. The topological polar surface area (TPSA) is 112 Å². The molecule has 2 aliphatic rings. The largest absolute Gasteiger partial charge is 0.399 e. The molecule has 32 heavy (non-hydrogen) atoms. The summed E-state index contributed by atoms with van der Waals surface area (Å²) in [6.07, 6.45) is -1.45. The summed E-state index contributed by atoms with van der Waals surface area (Å²) in [6.45, 7) is -0.467. The number of hydrogen-bond donors (Lipinski definition) is 4. The minimum Gasteiger partial charge on any atom is -0.399 e. The second-order valence-electron chi connectivity index (χ2n) is 8.55. The zero-order chi connectivity index (χ0) is 22.9. The molecule has 0 spiro atoms. The SMILES string of the molecule is CO/N=C\C1(c2ccc(Cc3cc([C@@H]4O[C@H](CO)[C@@H](O)[C@H](O)[C@H]4O)ccc3Cl)cc2)CC1. The van der Waals surface area contributed by atoms with Crippen molar-refractivity contribution in [3.05, 3.63) is 69.7 Å². The van der Waals surface area contributed by atoms with Gasteiger partial charge in [-0.3, -0.25) is 0 Å². The highest BCUT2D eigenvalue weighted by Crippen LogP contribution is 2.46. The van der Waals surface area contributed by atoms with Gasteiger partial charge < -0.3 is 30.0 Å². The molecule has 2 fully saturated rings. The van der Waals surface area contributed by atoms with Gasteiger partial charge in [0.1, 0.15) is 37.6 Å². The highest BCUT2D eigenvalue weighted by atomic mass is 35.5. The van der Waals surface area contributed by atoms with Crippen molar-refractivity contribution >= 4 is 17.8 Å². The summed E-state index contributed by atoms with van der Waals surface area (Å²) in [4.78, 5) is 4.83. The van der Waals surface area contributed by atoms with Gasteiger partial charge >= 0.3 is 0 Å². The van der Waals surface area contributed by atoms with Crippen molar-refractivity contribution in [2.75, 3.05) is 13.7 Å². The van der Waals surface area contributed by atoms with E-state index in [0.717, 1.165) is 24.0 Å². The van der Waals surface area contributed by atoms with Crippen LogP contribution in [0.1, 0.15) is 41.2 Å². The Morgan fingerprint density at radius 1 is 1.09 bits per heavy atom. The number of halogens is 1. The van der Waals surface area contributed by atoms with Gasteiger partial charge in [-0.15, -0.1) is 0 Å². The van der Waals surface area contributed by atoms with Gasteiger partial charge in [-0.1, -0.05) is 53.2 Å². The van der Waals surface area contributed by atoms with Gasteiger partial charge in [0.25, 0.3) is 0 Å². The van der Waals surface area contributed by atoms with Crippen LogP contribution in [0, 0.1) is 0 Å². The van der Waals surface area contributed by atoms with E-state index in [1.54, 1.807) is 12.1 Å². The van der Waals surface area contributed by atoms with E-state index in [9.17, 15) is 20.4 Å². The lowest BCUT2D eigenvalue weighted by atomic mass is 9.90. The first-order chi connectivity index (χ1) is 15.4. The number of nitrogens with zero attached hydrogens (tertiary/aromatic N) is 1. The number of hydrogen-bond acceptors (Lipinski definition) is 7. The van der Waals surface area contributed by atoms with E-state index in [1.807, 2.05) is 12.3 Å². The van der Waals surface area contributed by atoms with E-state index in [1.165, 1.54) is 12.7 Å². The molecule has 0 unspecified atom stereocenters. The van der Waals surface area contributed by atoms with Crippen molar-refractivity contribution in [3.63, 3.8) is 0 Å². The van der Waals surface area contributed by atoms with E-state index < -0.39 is 37.1 Å². The Balaban J connectivity index is 1.53. The third kappa shape index (κ3) is 4.55. The van der Waals surface area contributed by atoms with Gasteiger partial charge in [0.05, 0.1) is 12.8 Å². The number of aliphatic hydroxyl groups excluding tert-OH is 4. The minimum atomic E-state index is -1.42. The van der Waals surface area contributed by atoms with E-state index in [-0.39, 0.29) is 5.41 Å². The number of benzene rings is 2. The molecule has 7 nitrogen and oxygen atoms in total. The predicted octanol–water partition coefficient (Wildman–Crippen LogP) is 2.11. The van der Waals surface area contributed by atoms with Crippen LogP contribution in [0.2, 0.25) is 5.02 Å². The Morgan fingerprint density at radius 3 is 2.44 bits per heavy atom. The number of ether oxygens (including phenoxy) is 1. The van der Waals surface area contributed by atoms with Crippen LogP contribution in [0.5, 0.6) is 0 Å². The molecule has 0 amide bonds. The van der Waals surface area contributed by atoms with E-state index in [2.05, 4.69) is 29.4 Å². The average molecular weight is 462 g/mol. The van der Waals surface area contributed by atoms with Gasteiger partial charge in [0.15, 0.2) is 0 Å². The van der Waals surface area contributed by atoms with Gasteiger partial charge in [-0.2, -0.15) is 0 Å². The molecule has 1 saturated heterocycles. The summed E-state index contributed by atoms with van der Waals surface area (Å²) in [5.74, 6) is 0. The molecule has 1 heterocycles. The molecule has 0 radical (unpaired) electrons. The Hall–Kier alpha value is -2.00. The highest BCUT2D eigenvalue weighted by molar-refractivity contribution is 6.31. The third-order valence-electron chi connectivity index (χ3n) is 6.41. The Morgan fingerprint density at radius 2 is 1.81 bits per heavy atom. The first-order valence-electron chi connectivity index (χ1n) is 10.6. The van der Waals surface area contributed by atoms with E-state index in [4.69, 9.17) is 21.2 Å². The first-order valence-corrected chi connectivity index (χ1v) is 11.0. The van der Waals surface area contributed by atoms with E-state index in [0.29, 0.717) is 17.0 Å². The summed E-state index contributed by atoms with van der Waals surface area (Å²) in [5.41, 5.74) is 3.70. The summed E-state index contributed by atoms with van der Waals surface area (Å²) in [6, 6.07) is 13.6. The van der Waals surface area contributed by atoms with Crippen LogP contribution < -0.4 is 0 Å². The summed E-state index contributed by atoms with van der Waals surface area (Å²) in [7, 11) is 1.54. The molecular weight excluding hydrogens is 434 g/mol. The van der Waals surface area contributed by atoms with Crippen molar-refractivity contribution in [1.82, 2.24) is 0 Å². The second kappa shape index (κ2) is 9.47. The van der Waals surface area contributed by atoms with Crippen LogP contribution in [0.15, 0.2) is 47.6 Å². The number of rotatable bonds is 7. The van der Waals surface area contributed by atoms with Crippen molar-refractivity contribution in [2.45, 2.75) is 55.2 Å². The standard InChI is InChI=1S/C24H28ClNO6/c1-31-26-13-24(8-9-24)17-5-2-14(3-6-17)10-16-11-15(4-7-18(16)25)23-22(30)21(29)20(28)19(12-27)32-23/h2-7,11,13,19-23,27-30H,8-10,12H2,1H3/b26-13-/t19-,20-,21+,22-,23+/m1/s1. The Bertz CT molecular complexity index is 959. The molecule has 8 heteroatoms. The zero-order valence-electron chi connectivity index (χ0n) is 17.8. The fourth-order valence-corrected chi connectivity index (χ4v) is 4.42. The maximum atomic E-state index is 10.4. The number of oxime groups is 1. The molecule has 1 saturated carbocycles. The van der Waals surface area contributed by atoms with Crippen LogP contribution >= 0.6 is 11.6 Å². The summed E-state index contributed by atoms with van der Waals surface area (Å²) < 4.78 is 5.68. The summed E-state index contributed by atoms with van der Waals surface area (Å²) in [5, 5.41) is 44.5. The highest BCUT2D eigenvalue weighted by Gasteiger charge is 2.44. The normalized spacial score (nSPS) is 29.2. The van der Waals surface area contributed by atoms with Gasteiger partial charge in [-0.25, -0.2) is 0 Å². The van der Waals surface area contributed by atoms with Crippen molar-refractivity contribution in [2.24, 2.45) is 5.16 Å². The van der Waals surface area contributed by atoms with Crippen LogP contribution in [-0.2, 0) is 21.4 Å². The van der Waals surface area contributed by atoms with E-state index >= 15 is 0 Å². The van der Waals surface area contributed by atoms with Gasteiger partial charge in [0, 0.05) is 10.4 Å². The fourth-order valence-electron chi connectivity index (χ4n) is 4.24. The van der Waals surface area contributed by atoms with Crippen LogP contribution in [0.3, 0.4) is 0 Å². The number of aliphatic hydroxyl groups is 4. The maximum Gasteiger partial charge on any atom is 0.113 e. The van der Waals surface area contributed by atoms with Gasteiger partial charge in [-0.05, 0) is 47.6 Å².